The number of hydrogen-bond donors (Lipinski definition) is 1. The van der Waals surface area contributed by atoms with Gasteiger partial charge in [0.25, 0.3) is 0 Å². The van der Waals surface area contributed by atoms with Crippen LogP contribution in [-0.2, 0) is 6.54 Å². The molecule has 6 heteroatoms. The van der Waals surface area contributed by atoms with Crippen molar-refractivity contribution in [1.82, 2.24) is 25.5 Å². The second-order valence-electron chi connectivity index (χ2n) is 5.11. The van der Waals surface area contributed by atoms with E-state index in [2.05, 4.69) is 40.9 Å². The summed E-state index contributed by atoms with van der Waals surface area (Å²) in [6.45, 7) is 6.24. The molecule has 0 aliphatic heterocycles. The molecule has 0 amide bonds. The van der Waals surface area contributed by atoms with Crippen molar-refractivity contribution in [1.29, 1.82) is 0 Å². The second kappa shape index (κ2) is 6.02. The normalized spacial score (nSPS) is 19.5. The monoisotopic (exact) mass is 269 g/mol. The zero-order valence-corrected chi connectivity index (χ0v) is 12.3. The Morgan fingerprint density at radius 1 is 1.50 bits per heavy atom. The van der Waals surface area contributed by atoms with E-state index in [4.69, 9.17) is 0 Å². The zero-order chi connectivity index (χ0) is 13.0. The molecule has 0 bridgehead atoms. The molecule has 1 atom stereocenters. The predicted molar refractivity (Wildman–Crippen MR) is 74.6 cm³/mol. The van der Waals surface area contributed by atoms with E-state index in [1.165, 1.54) is 19.3 Å². The molecule has 1 saturated carbocycles. The van der Waals surface area contributed by atoms with Gasteiger partial charge in [-0.05, 0) is 49.4 Å². The molecule has 1 N–H and O–H groups in total. The van der Waals surface area contributed by atoms with Gasteiger partial charge in [-0.15, -0.1) is 5.10 Å². The average Bonchev–Trinajstić information content (AvgIpc) is 2.78. The predicted octanol–water partition coefficient (Wildman–Crippen LogP) is 2.02. The van der Waals surface area contributed by atoms with Crippen LogP contribution in [-0.4, -0.2) is 37.8 Å². The van der Waals surface area contributed by atoms with Gasteiger partial charge in [0.05, 0.1) is 12.6 Å². The van der Waals surface area contributed by atoms with Crippen LogP contribution in [0, 0.1) is 0 Å². The summed E-state index contributed by atoms with van der Waals surface area (Å²) in [5.41, 5.74) is 0. The van der Waals surface area contributed by atoms with E-state index in [1.807, 2.05) is 16.4 Å². The van der Waals surface area contributed by atoms with E-state index in [0.717, 1.165) is 25.3 Å². The van der Waals surface area contributed by atoms with Gasteiger partial charge in [0.2, 0.25) is 0 Å². The highest BCUT2D eigenvalue weighted by Gasteiger charge is 2.37. The lowest BCUT2D eigenvalue weighted by Gasteiger charge is -2.40. The number of rotatable bonds is 7. The van der Waals surface area contributed by atoms with E-state index in [0.29, 0.717) is 4.75 Å². The molecule has 1 aromatic rings. The zero-order valence-electron chi connectivity index (χ0n) is 11.5. The van der Waals surface area contributed by atoms with Crippen LogP contribution in [0.5, 0.6) is 0 Å². The summed E-state index contributed by atoms with van der Waals surface area (Å²) in [7, 11) is 0. The van der Waals surface area contributed by atoms with Gasteiger partial charge in [-0.2, -0.15) is 11.8 Å². The van der Waals surface area contributed by atoms with Crippen molar-refractivity contribution in [2.24, 2.45) is 0 Å². The van der Waals surface area contributed by atoms with Crippen LogP contribution in [0.4, 0.5) is 0 Å². The SMILES string of the molecule is CCCNC(C)c1nnnn1CC1(SC)CCC1. The molecule has 1 fully saturated rings. The third-order valence-corrected chi connectivity index (χ3v) is 5.19. The Morgan fingerprint density at radius 3 is 2.83 bits per heavy atom. The Kier molecular flexibility index (Phi) is 4.61. The Balaban J connectivity index is 2.03. The minimum absolute atomic E-state index is 0.221. The molecule has 1 aliphatic carbocycles. The molecule has 0 saturated heterocycles. The van der Waals surface area contributed by atoms with Gasteiger partial charge >= 0.3 is 0 Å². The first-order chi connectivity index (χ1) is 8.71. The van der Waals surface area contributed by atoms with Gasteiger partial charge in [-0.3, -0.25) is 0 Å². The molecule has 1 heterocycles. The summed E-state index contributed by atoms with van der Waals surface area (Å²) in [5.74, 6) is 0.962. The van der Waals surface area contributed by atoms with Crippen molar-refractivity contribution in [3.05, 3.63) is 5.82 Å². The highest BCUT2D eigenvalue weighted by Crippen LogP contribution is 2.44. The van der Waals surface area contributed by atoms with Crippen LogP contribution in [0.3, 0.4) is 0 Å². The van der Waals surface area contributed by atoms with Gasteiger partial charge in [-0.25, -0.2) is 4.68 Å². The number of nitrogens with one attached hydrogen (secondary N) is 1. The molecule has 1 aliphatic rings. The summed E-state index contributed by atoms with van der Waals surface area (Å²) in [6, 6.07) is 0.221. The van der Waals surface area contributed by atoms with Crippen molar-refractivity contribution in [3.8, 4) is 0 Å². The Hall–Kier alpha value is -0.620. The minimum Gasteiger partial charge on any atom is -0.307 e. The van der Waals surface area contributed by atoms with E-state index < -0.39 is 0 Å². The molecule has 2 rings (SSSR count). The topological polar surface area (TPSA) is 55.6 Å². The van der Waals surface area contributed by atoms with Crippen LogP contribution >= 0.6 is 11.8 Å². The lowest BCUT2D eigenvalue weighted by molar-refractivity contribution is 0.299. The molecular weight excluding hydrogens is 246 g/mol. The van der Waals surface area contributed by atoms with Gasteiger partial charge in [0, 0.05) is 4.75 Å². The van der Waals surface area contributed by atoms with Gasteiger partial charge in [-0.1, -0.05) is 13.3 Å². The average molecular weight is 269 g/mol. The largest absolute Gasteiger partial charge is 0.307 e. The van der Waals surface area contributed by atoms with Crippen molar-refractivity contribution < 1.29 is 0 Å². The standard InChI is InChI=1S/C12H23N5S/c1-4-8-13-10(2)11-14-15-16-17(11)9-12(18-3)6-5-7-12/h10,13H,4-9H2,1-3H3. The number of thioether (sulfide) groups is 1. The maximum atomic E-state index is 4.18. The molecule has 18 heavy (non-hydrogen) atoms. The summed E-state index contributed by atoms with van der Waals surface area (Å²) in [5, 5.41) is 15.6. The quantitative estimate of drug-likeness (QED) is 0.820. The molecule has 1 unspecified atom stereocenters. The summed E-state index contributed by atoms with van der Waals surface area (Å²) < 4.78 is 2.36. The third-order valence-electron chi connectivity index (χ3n) is 3.78. The third kappa shape index (κ3) is 2.85. The minimum atomic E-state index is 0.221. The number of nitrogens with zero attached hydrogens (tertiary/aromatic N) is 4. The van der Waals surface area contributed by atoms with E-state index in [-0.39, 0.29) is 6.04 Å². The maximum absolute atomic E-state index is 4.18. The molecule has 0 radical (unpaired) electrons. The lowest BCUT2D eigenvalue weighted by atomic mass is 9.84. The molecular formula is C12H23N5S. The van der Waals surface area contributed by atoms with Gasteiger partial charge in [0.1, 0.15) is 0 Å². The summed E-state index contributed by atoms with van der Waals surface area (Å²) in [6.07, 6.45) is 7.22. The summed E-state index contributed by atoms with van der Waals surface area (Å²) in [4.78, 5) is 0. The fraction of sp³-hybridized carbons (Fsp3) is 0.917. The van der Waals surface area contributed by atoms with Crippen molar-refractivity contribution in [2.75, 3.05) is 12.8 Å². The smallest absolute Gasteiger partial charge is 0.167 e. The van der Waals surface area contributed by atoms with E-state index in [1.54, 1.807) is 0 Å². The van der Waals surface area contributed by atoms with Crippen molar-refractivity contribution in [2.45, 2.75) is 56.9 Å². The lowest BCUT2D eigenvalue weighted by Crippen LogP contribution is -2.39. The Bertz CT molecular complexity index is 369. The molecule has 0 aromatic carbocycles. The van der Waals surface area contributed by atoms with Gasteiger partial charge in [0.15, 0.2) is 5.82 Å². The fourth-order valence-electron chi connectivity index (χ4n) is 2.36. The number of aromatic nitrogens is 4. The van der Waals surface area contributed by atoms with Crippen LogP contribution < -0.4 is 5.32 Å². The van der Waals surface area contributed by atoms with Gasteiger partial charge < -0.3 is 5.32 Å². The highest BCUT2D eigenvalue weighted by molar-refractivity contribution is 8.00. The molecule has 102 valence electrons. The Morgan fingerprint density at radius 2 is 2.28 bits per heavy atom. The van der Waals surface area contributed by atoms with Crippen LogP contribution in [0.2, 0.25) is 0 Å². The van der Waals surface area contributed by atoms with E-state index in [9.17, 15) is 0 Å². The molecule has 0 spiro atoms. The highest BCUT2D eigenvalue weighted by atomic mass is 32.2. The van der Waals surface area contributed by atoms with Crippen LogP contribution in [0.25, 0.3) is 0 Å². The first kappa shape index (κ1) is 13.8. The van der Waals surface area contributed by atoms with Crippen LogP contribution in [0.15, 0.2) is 0 Å². The fourth-order valence-corrected chi connectivity index (χ4v) is 3.31. The molecule has 5 nitrogen and oxygen atoms in total. The van der Waals surface area contributed by atoms with E-state index >= 15 is 0 Å². The second-order valence-corrected chi connectivity index (χ2v) is 6.39. The van der Waals surface area contributed by atoms with Crippen molar-refractivity contribution >= 4 is 11.8 Å². The maximum Gasteiger partial charge on any atom is 0.167 e. The number of tetrazole rings is 1. The first-order valence-corrected chi connectivity index (χ1v) is 7.98. The van der Waals surface area contributed by atoms with Crippen molar-refractivity contribution in [3.63, 3.8) is 0 Å². The Labute approximate surface area is 113 Å². The first-order valence-electron chi connectivity index (χ1n) is 6.75. The number of hydrogen-bond acceptors (Lipinski definition) is 5. The summed E-state index contributed by atoms with van der Waals surface area (Å²) >= 11 is 1.96. The molecule has 1 aromatic heterocycles. The van der Waals surface area contributed by atoms with Crippen LogP contribution in [0.1, 0.15) is 51.4 Å².